The van der Waals surface area contributed by atoms with Crippen LogP contribution < -0.4 is 0 Å². The van der Waals surface area contributed by atoms with Gasteiger partial charge in [0.25, 0.3) is 0 Å². The fraction of sp³-hybridized carbons (Fsp3) is 0.667. The van der Waals surface area contributed by atoms with Gasteiger partial charge >= 0.3 is 16.6 Å². The number of rotatable bonds is 6. The maximum atomic E-state index is 11.4. The van der Waals surface area contributed by atoms with Crippen LogP contribution in [0, 0.1) is 0 Å². The SMILES string of the molecule is COC(C)C(=O)/C=C(\[O][Al])C(C)OC. The second-order valence-electron chi connectivity index (χ2n) is 2.82. The Balaban J connectivity index is 4.50. The zero-order chi connectivity index (χ0) is 11.1. The molecule has 0 heterocycles. The highest BCUT2D eigenvalue weighted by Gasteiger charge is 2.13. The number of carbonyl (C=O) groups is 1. The van der Waals surface area contributed by atoms with Crippen LogP contribution in [0.15, 0.2) is 11.8 Å². The van der Waals surface area contributed by atoms with Crippen molar-refractivity contribution in [2.24, 2.45) is 0 Å². The molecule has 0 rings (SSSR count). The molecule has 78 valence electrons. The Labute approximate surface area is 93.0 Å². The van der Waals surface area contributed by atoms with Crippen LogP contribution in [0.25, 0.3) is 0 Å². The van der Waals surface area contributed by atoms with Crippen molar-refractivity contribution in [2.75, 3.05) is 14.2 Å². The first-order valence-electron chi connectivity index (χ1n) is 4.24. The molecule has 0 aliphatic heterocycles. The van der Waals surface area contributed by atoms with Crippen LogP contribution in [0.5, 0.6) is 0 Å². The Bertz CT molecular complexity index is 215. The molecular formula is C9H15AlO4. The normalized spacial score (nSPS) is 16.1. The Kier molecular flexibility index (Phi) is 6.85. The first-order chi connectivity index (χ1) is 6.56. The number of hydrogen-bond donors (Lipinski definition) is 0. The van der Waals surface area contributed by atoms with Gasteiger partial charge in [-0.2, -0.15) is 0 Å². The summed E-state index contributed by atoms with van der Waals surface area (Å²) in [5, 5.41) is 0. The number of ether oxygens (including phenoxy) is 2. The van der Waals surface area contributed by atoms with Crippen molar-refractivity contribution in [1.29, 1.82) is 0 Å². The molecule has 0 saturated heterocycles. The Morgan fingerprint density at radius 1 is 1.21 bits per heavy atom. The average Bonchev–Trinajstić information content (AvgIpc) is 2.22. The van der Waals surface area contributed by atoms with E-state index >= 15 is 0 Å². The maximum absolute atomic E-state index is 11.4. The lowest BCUT2D eigenvalue weighted by Crippen LogP contribution is -2.20. The van der Waals surface area contributed by atoms with Gasteiger partial charge in [-0.1, -0.05) is 0 Å². The average molecular weight is 214 g/mol. The summed E-state index contributed by atoms with van der Waals surface area (Å²) in [5.74, 6) is 0.320. The van der Waals surface area contributed by atoms with Gasteiger partial charge in [0.1, 0.15) is 12.2 Å². The number of hydrogen-bond acceptors (Lipinski definition) is 4. The number of methoxy groups -OCH3 is 2. The molecule has 4 nitrogen and oxygen atoms in total. The molecule has 14 heavy (non-hydrogen) atoms. The molecule has 0 aromatic carbocycles. The molecule has 0 aliphatic carbocycles. The summed E-state index contributed by atoms with van der Waals surface area (Å²) in [6.45, 7) is 3.47. The summed E-state index contributed by atoms with van der Waals surface area (Å²) in [4.78, 5) is 11.4. The number of carbonyl (C=O) groups excluding carboxylic acids is 1. The Morgan fingerprint density at radius 2 is 1.71 bits per heavy atom. The highest BCUT2D eigenvalue weighted by molar-refractivity contribution is 6.00. The zero-order valence-corrected chi connectivity index (χ0v) is 10.1. The molecule has 0 N–H and O–H groups in total. The van der Waals surface area contributed by atoms with Crippen molar-refractivity contribution in [1.82, 2.24) is 0 Å². The summed E-state index contributed by atoms with van der Waals surface area (Å²) in [6.07, 6.45) is 0.671. The van der Waals surface area contributed by atoms with Gasteiger partial charge in [-0.25, -0.2) is 0 Å². The molecule has 0 spiro atoms. The standard InChI is InChI=1S/C9H16O4.Al/c1-6(12-3)8(10)5-9(11)7(2)13-4;/h5-7,10H,1-4H3;/q;+1/p-1/b8-5-;. The van der Waals surface area contributed by atoms with E-state index in [0.717, 1.165) is 0 Å². The van der Waals surface area contributed by atoms with Crippen molar-refractivity contribution < 1.29 is 18.1 Å². The summed E-state index contributed by atoms with van der Waals surface area (Å²) >= 11 is 2.09. The third-order valence-electron chi connectivity index (χ3n) is 1.93. The first kappa shape index (κ1) is 13.7. The maximum Gasteiger partial charge on any atom is 0.481 e. The van der Waals surface area contributed by atoms with E-state index in [1.807, 2.05) is 0 Å². The molecule has 0 fully saturated rings. The van der Waals surface area contributed by atoms with Crippen LogP contribution in [0.2, 0.25) is 0 Å². The first-order valence-corrected chi connectivity index (χ1v) is 4.71. The van der Waals surface area contributed by atoms with Crippen LogP contribution in [-0.4, -0.2) is 48.8 Å². The van der Waals surface area contributed by atoms with Crippen molar-refractivity contribution >= 4 is 22.4 Å². The second-order valence-corrected chi connectivity index (χ2v) is 3.06. The van der Waals surface area contributed by atoms with E-state index < -0.39 is 6.10 Å². The molecule has 0 bridgehead atoms. The van der Waals surface area contributed by atoms with Gasteiger partial charge in [-0.05, 0) is 13.8 Å². The fourth-order valence-electron chi connectivity index (χ4n) is 0.737. The third kappa shape index (κ3) is 4.25. The zero-order valence-electron chi connectivity index (χ0n) is 8.94. The lowest BCUT2D eigenvalue weighted by Gasteiger charge is -2.15. The highest BCUT2D eigenvalue weighted by Crippen LogP contribution is 2.07. The molecule has 0 saturated carbocycles. The largest absolute Gasteiger partial charge is 0.655 e. The van der Waals surface area contributed by atoms with Gasteiger partial charge in [0.2, 0.25) is 0 Å². The van der Waals surface area contributed by atoms with Crippen LogP contribution in [0.4, 0.5) is 0 Å². The van der Waals surface area contributed by atoms with Gasteiger partial charge in [0.05, 0.1) is 5.76 Å². The molecule has 5 heteroatoms. The quantitative estimate of drug-likeness (QED) is 0.369. The van der Waals surface area contributed by atoms with Gasteiger partial charge < -0.3 is 13.3 Å². The topological polar surface area (TPSA) is 44.8 Å². The Morgan fingerprint density at radius 3 is 2.07 bits per heavy atom. The predicted molar refractivity (Wildman–Crippen MR) is 52.9 cm³/mol. The summed E-state index contributed by atoms with van der Waals surface area (Å²) < 4.78 is 14.8. The van der Waals surface area contributed by atoms with Gasteiger partial charge in [-0.15, -0.1) is 0 Å². The summed E-state index contributed by atoms with van der Waals surface area (Å²) in [5.41, 5.74) is 0. The van der Waals surface area contributed by atoms with Crippen LogP contribution in [0.1, 0.15) is 13.8 Å². The van der Waals surface area contributed by atoms with Gasteiger partial charge in [0.15, 0.2) is 5.78 Å². The van der Waals surface area contributed by atoms with Crippen molar-refractivity contribution in [3.8, 4) is 0 Å². The van der Waals surface area contributed by atoms with E-state index in [2.05, 4.69) is 16.6 Å². The molecule has 0 aliphatic rings. The van der Waals surface area contributed by atoms with E-state index in [0.29, 0.717) is 5.76 Å². The molecule has 2 unspecified atom stereocenters. The van der Waals surface area contributed by atoms with Gasteiger partial charge in [0, 0.05) is 20.3 Å². The minimum Gasteiger partial charge on any atom is -0.655 e. The van der Waals surface area contributed by atoms with E-state index in [1.54, 1.807) is 21.0 Å². The molecule has 0 amide bonds. The molecule has 2 radical (unpaired) electrons. The van der Waals surface area contributed by atoms with Crippen LogP contribution >= 0.6 is 0 Å². The van der Waals surface area contributed by atoms with Crippen molar-refractivity contribution in [2.45, 2.75) is 26.1 Å². The van der Waals surface area contributed by atoms with E-state index in [-0.39, 0.29) is 11.9 Å². The lowest BCUT2D eigenvalue weighted by atomic mass is 10.2. The molecular weight excluding hydrogens is 199 g/mol. The van der Waals surface area contributed by atoms with Gasteiger partial charge in [-0.3, -0.25) is 4.79 Å². The van der Waals surface area contributed by atoms with E-state index in [9.17, 15) is 4.79 Å². The fourth-order valence-corrected chi connectivity index (χ4v) is 0.997. The van der Waals surface area contributed by atoms with Crippen LogP contribution in [-0.2, 0) is 18.1 Å². The van der Waals surface area contributed by atoms with E-state index in [1.165, 1.54) is 13.2 Å². The van der Waals surface area contributed by atoms with E-state index in [4.69, 9.17) is 13.3 Å². The second kappa shape index (κ2) is 7.02. The lowest BCUT2D eigenvalue weighted by molar-refractivity contribution is -0.123. The van der Waals surface area contributed by atoms with Crippen molar-refractivity contribution in [3.63, 3.8) is 0 Å². The minimum absolute atomic E-state index is 0.145. The smallest absolute Gasteiger partial charge is 0.481 e. The summed E-state index contributed by atoms with van der Waals surface area (Å²) in [6, 6.07) is 0. The molecule has 0 aromatic rings. The highest BCUT2D eigenvalue weighted by atomic mass is 27.1. The molecule has 0 aromatic heterocycles. The number of ketones is 1. The van der Waals surface area contributed by atoms with Crippen LogP contribution in [0.3, 0.4) is 0 Å². The minimum atomic E-state index is -0.464. The molecule has 2 atom stereocenters. The Hall–Kier alpha value is -0.338. The summed E-state index contributed by atoms with van der Waals surface area (Å²) in [7, 11) is 3.03. The van der Waals surface area contributed by atoms with Crippen molar-refractivity contribution in [3.05, 3.63) is 11.8 Å². The monoisotopic (exact) mass is 214 g/mol. The third-order valence-corrected chi connectivity index (χ3v) is 2.20. The predicted octanol–water partition coefficient (Wildman–Crippen LogP) is 0.609.